The summed E-state index contributed by atoms with van der Waals surface area (Å²) in [7, 11) is 1.82. The lowest BCUT2D eigenvalue weighted by atomic mass is 9.84. The van der Waals surface area contributed by atoms with Gasteiger partial charge >= 0.3 is 0 Å². The van der Waals surface area contributed by atoms with E-state index >= 15 is 0 Å². The number of allylic oxidation sites excluding steroid dienone is 1. The Morgan fingerprint density at radius 1 is 1.18 bits per heavy atom. The van der Waals surface area contributed by atoms with Crippen molar-refractivity contribution in [2.24, 2.45) is 0 Å². The van der Waals surface area contributed by atoms with Gasteiger partial charge in [-0.3, -0.25) is 0 Å². The zero-order chi connectivity index (χ0) is 15.6. The molecule has 0 amide bonds. The summed E-state index contributed by atoms with van der Waals surface area (Å²) in [5.41, 5.74) is 7.63. The van der Waals surface area contributed by atoms with E-state index in [4.69, 9.17) is 4.74 Å². The molecule has 1 saturated heterocycles. The summed E-state index contributed by atoms with van der Waals surface area (Å²) in [4.78, 5) is 0. The highest BCUT2D eigenvalue weighted by Crippen LogP contribution is 2.32. The maximum absolute atomic E-state index is 5.47. The Morgan fingerprint density at radius 3 is 2.73 bits per heavy atom. The molecule has 0 radical (unpaired) electrons. The number of nitrogens with one attached hydrogen (secondary N) is 1. The molecule has 0 spiro atoms. The topological polar surface area (TPSA) is 21.3 Å². The molecule has 3 rings (SSSR count). The Labute approximate surface area is 135 Å². The molecule has 22 heavy (non-hydrogen) atoms. The number of methoxy groups -OCH3 is 1. The molecule has 1 N–H and O–H groups in total. The van der Waals surface area contributed by atoms with Gasteiger partial charge < -0.3 is 10.1 Å². The second-order valence-corrected chi connectivity index (χ2v) is 7.18. The highest BCUT2D eigenvalue weighted by Gasteiger charge is 2.33. The van der Waals surface area contributed by atoms with E-state index in [-0.39, 0.29) is 5.54 Å². The van der Waals surface area contributed by atoms with Crippen molar-refractivity contribution in [3.8, 4) is 0 Å². The largest absolute Gasteiger partial charge is 0.383 e. The van der Waals surface area contributed by atoms with Crippen molar-refractivity contribution in [2.75, 3.05) is 20.3 Å². The van der Waals surface area contributed by atoms with Crippen molar-refractivity contribution in [3.63, 3.8) is 0 Å². The molecule has 1 aromatic rings. The van der Waals surface area contributed by atoms with E-state index < -0.39 is 0 Å². The Hall–Kier alpha value is -1.12. The van der Waals surface area contributed by atoms with Crippen LogP contribution in [0, 0.1) is 13.8 Å². The lowest BCUT2D eigenvalue weighted by Crippen LogP contribution is -2.44. The number of ether oxygens (including phenoxy) is 1. The minimum Gasteiger partial charge on any atom is -0.383 e. The summed E-state index contributed by atoms with van der Waals surface area (Å²) in [5.74, 6) is 0. The number of rotatable bonds is 5. The van der Waals surface area contributed by atoms with Gasteiger partial charge in [-0.25, -0.2) is 0 Å². The number of aryl methyl sites for hydroxylation is 3. The number of fused-ring (bicyclic) bond motifs is 1. The molecule has 120 valence electrons. The fourth-order valence-corrected chi connectivity index (χ4v) is 3.99. The van der Waals surface area contributed by atoms with Crippen LogP contribution in [0.4, 0.5) is 0 Å². The van der Waals surface area contributed by atoms with Gasteiger partial charge in [0, 0.05) is 12.6 Å². The van der Waals surface area contributed by atoms with Gasteiger partial charge in [0.25, 0.3) is 0 Å². The normalized spacial score (nSPS) is 24.2. The predicted molar refractivity (Wildman–Crippen MR) is 93.3 cm³/mol. The maximum atomic E-state index is 5.47. The van der Waals surface area contributed by atoms with Gasteiger partial charge in [0.15, 0.2) is 0 Å². The van der Waals surface area contributed by atoms with E-state index in [0.29, 0.717) is 0 Å². The summed E-state index contributed by atoms with van der Waals surface area (Å²) >= 11 is 0. The molecule has 1 atom stereocenters. The molecule has 1 aliphatic heterocycles. The van der Waals surface area contributed by atoms with E-state index in [1.165, 1.54) is 60.8 Å². The minimum atomic E-state index is 0.221. The number of hydrogen-bond acceptors (Lipinski definition) is 2. The molecule has 2 aliphatic rings. The van der Waals surface area contributed by atoms with Crippen molar-refractivity contribution in [1.82, 2.24) is 5.32 Å². The summed E-state index contributed by atoms with van der Waals surface area (Å²) < 4.78 is 5.47. The van der Waals surface area contributed by atoms with E-state index in [2.05, 4.69) is 37.4 Å². The van der Waals surface area contributed by atoms with Crippen LogP contribution in [-0.4, -0.2) is 25.8 Å². The van der Waals surface area contributed by atoms with Gasteiger partial charge in [0.05, 0.1) is 6.61 Å². The summed E-state index contributed by atoms with van der Waals surface area (Å²) in [6, 6.07) is 4.74. The summed E-state index contributed by atoms with van der Waals surface area (Å²) in [5, 5.41) is 3.69. The SMILES string of the molecule is COCC1(CCC2=Cc3cc(C)c(C)cc3CC2)CCCN1. The monoisotopic (exact) mass is 299 g/mol. The quantitative estimate of drug-likeness (QED) is 0.880. The first-order valence-electron chi connectivity index (χ1n) is 8.65. The number of hydrogen-bond donors (Lipinski definition) is 1. The predicted octanol–water partition coefficient (Wildman–Crippen LogP) is 4.18. The Balaban J connectivity index is 1.70. The third kappa shape index (κ3) is 3.28. The molecule has 0 aromatic heterocycles. The smallest absolute Gasteiger partial charge is 0.0644 e. The van der Waals surface area contributed by atoms with Crippen molar-refractivity contribution in [1.29, 1.82) is 0 Å². The summed E-state index contributed by atoms with van der Waals surface area (Å²) in [6.07, 6.45) is 9.80. The van der Waals surface area contributed by atoms with Gasteiger partial charge in [0.2, 0.25) is 0 Å². The van der Waals surface area contributed by atoms with Crippen LogP contribution in [-0.2, 0) is 11.2 Å². The first kappa shape index (κ1) is 15.8. The molecule has 2 nitrogen and oxygen atoms in total. The first-order chi connectivity index (χ1) is 10.6. The average molecular weight is 299 g/mol. The maximum Gasteiger partial charge on any atom is 0.0644 e. The summed E-state index contributed by atoms with van der Waals surface area (Å²) in [6.45, 7) is 6.42. The molecule has 1 heterocycles. The molecule has 1 aliphatic carbocycles. The van der Waals surface area contributed by atoms with Crippen LogP contribution < -0.4 is 5.32 Å². The molecular weight excluding hydrogens is 270 g/mol. The van der Waals surface area contributed by atoms with Crippen molar-refractivity contribution >= 4 is 6.08 Å². The van der Waals surface area contributed by atoms with Crippen LogP contribution >= 0.6 is 0 Å². The lowest BCUT2D eigenvalue weighted by Gasteiger charge is -2.30. The molecule has 1 unspecified atom stereocenters. The second-order valence-electron chi connectivity index (χ2n) is 7.18. The van der Waals surface area contributed by atoms with Gasteiger partial charge in [-0.2, -0.15) is 0 Å². The molecule has 0 bridgehead atoms. The third-order valence-electron chi connectivity index (χ3n) is 5.51. The van der Waals surface area contributed by atoms with Crippen LogP contribution in [0.5, 0.6) is 0 Å². The van der Waals surface area contributed by atoms with Gasteiger partial charge in [-0.1, -0.05) is 23.8 Å². The fourth-order valence-electron chi connectivity index (χ4n) is 3.99. The first-order valence-corrected chi connectivity index (χ1v) is 8.65. The van der Waals surface area contributed by atoms with E-state index in [1.807, 2.05) is 7.11 Å². The Morgan fingerprint density at radius 2 is 2.00 bits per heavy atom. The molecule has 2 heteroatoms. The van der Waals surface area contributed by atoms with Crippen LogP contribution in [0.2, 0.25) is 0 Å². The highest BCUT2D eigenvalue weighted by molar-refractivity contribution is 5.61. The Kier molecular flexibility index (Phi) is 4.70. The van der Waals surface area contributed by atoms with Gasteiger partial charge in [-0.05, 0) is 81.2 Å². The van der Waals surface area contributed by atoms with Crippen LogP contribution in [0.3, 0.4) is 0 Å². The van der Waals surface area contributed by atoms with Gasteiger partial charge in [0.1, 0.15) is 0 Å². The minimum absolute atomic E-state index is 0.221. The van der Waals surface area contributed by atoms with E-state index in [1.54, 1.807) is 5.57 Å². The number of benzene rings is 1. The molecule has 1 aromatic carbocycles. The van der Waals surface area contributed by atoms with Gasteiger partial charge in [-0.15, -0.1) is 0 Å². The van der Waals surface area contributed by atoms with Crippen LogP contribution in [0.1, 0.15) is 54.4 Å². The molecule has 1 fully saturated rings. The van der Waals surface area contributed by atoms with E-state index in [0.717, 1.165) is 13.2 Å². The van der Waals surface area contributed by atoms with Crippen LogP contribution in [0.25, 0.3) is 6.08 Å². The average Bonchev–Trinajstić information content (AvgIpc) is 2.96. The van der Waals surface area contributed by atoms with Crippen molar-refractivity contribution < 1.29 is 4.74 Å². The van der Waals surface area contributed by atoms with Crippen molar-refractivity contribution in [3.05, 3.63) is 40.0 Å². The second kappa shape index (κ2) is 6.55. The molecule has 0 saturated carbocycles. The van der Waals surface area contributed by atoms with Crippen molar-refractivity contribution in [2.45, 2.75) is 57.9 Å². The lowest BCUT2D eigenvalue weighted by molar-refractivity contribution is 0.115. The Bertz CT molecular complexity index is 567. The standard InChI is InChI=1S/C20H29NO/c1-15-11-18-6-5-17(13-19(18)12-16(15)2)7-9-20(14-22-3)8-4-10-21-20/h11-13,21H,4-10,14H2,1-3H3. The third-order valence-corrected chi connectivity index (χ3v) is 5.51. The van der Waals surface area contributed by atoms with E-state index in [9.17, 15) is 0 Å². The van der Waals surface area contributed by atoms with Crippen LogP contribution in [0.15, 0.2) is 17.7 Å². The zero-order valence-corrected chi connectivity index (χ0v) is 14.3. The highest BCUT2D eigenvalue weighted by atomic mass is 16.5. The fraction of sp³-hybridized carbons (Fsp3) is 0.600. The molecular formula is C20H29NO. The zero-order valence-electron chi connectivity index (χ0n) is 14.3.